The summed E-state index contributed by atoms with van der Waals surface area (Å²) >= 11 is 0. The molecule has 0 spiro atoms. The van der Waals surface area contributed by atoms with E-state index in [2.05, 4.69) is 11.3 Å². The zero-order valence-electron chi connectivity index (χ0n) is 3.01. The van der Waals surface area contributed by atoms with E-state index in [9.17, 15) is 9.90 Å². The summed E-state index contributed by atoms with van der Waals surface area (Å²) in [4.78, 5) is 9.19. The predicted octanol–water partition coefficient (Wildman–Crippen LogP) is 0.697. The standard InChI is InChI=1S/C3H3O3/c1-2-6-3(4)5/h2H,1H2. The molecule has 0 saturated heterocycles. The van der Waals surface area contributed by atoms with Gasteiger partial charge >= 0.3 is 6.16 Å². The highest BCUT2D eigenvalue weighted by Gasteiger charge is 1.89. The fraction of sp³-hybridized carbons (Fsp3) is 0. The van der Waals surface area contributed by atoms with Crippen molar-refractivity contribution < 1.29 is 14.6 Å². The molecule has 1 radical (unpaired) electrons. The van der Waals surface area contributed by atoms with E-state index in [-0.39, 0.29) is 0 Å². The Morgan fingerprint density at radius 2 is 2.33 bits per heavy atom. The molecule has 0 fully saturated rings. The molecule has 0 aliphatic heterocycles. The topological polar surface area (TPSA) is 46.2 Å². The van der Waals surface area contributed by atoms with Gasteiger partial charge in [-0.3, -0.25) is 0 Å². The maximum atomic E-state index is 9.19. The van der Waals surface area contributed by atoms with Crippen LogP contribution in [0.1, 0.15) is 0 Å². The van der Waals surface area contributed by atoms with Crippen molar-refractivity contribution in [3.63, 3.8) is 0 Å². The van der Waals surface area contributed by atoms with Crippen LogP contribution in [-0.2, 0) is 9.84 Å². The second kappa shape index (κ2) is 2.26. The van der Waals surface area contributed by atoms with Crippen LogP contribution < -0.4 is 0 Å². The molecular formula is C3H3O3. The lowest BCUT2D eigenvalue weighted by Crippen LogP contribution is -1.87. The van der Waals surface area contributed by atoms with Crippen LogP contribution in [0.5, 0.6) is 0 Å². The monoisotopic (exact) mass is 87.0 g/mol. The Bertz CT molecular complexity index is 66.4. The molecule has 0 N–H and O–H groups in total. The number of ether oxygens (including phenoxy) is 1. The van der Waals surface area contributed by atoms with Gasteiger partial charge in [0.1, 0.15) is 0 Å². The summed E-state index contributed by atoms with van der Waals surface area (Å²) in [7, 11) is 0. The van der Waals surface area contributed by atoms with Gasteiger partial charge in [0.2, 0.25) is 0 Å². The fourth-order valence-electron chi connectivity index (χ4n) is 0.0680. The molecule has 0 rings (SSSR count). The quantitative estimate of drug-likeness (QED) is 0.349. The summed E-state index contributed by atoms with van der Waals surface area (Å²) < 4.78 is 3.61. The Morgan fingerprint density at radius 3 is 2.33 bits per heavy atom. The van der Waals surface area contributed by atoms with Gasteiger partial charge in [-0.1, -0.05) is 6.58 Å². The van der Waals surface area contributed by atoms with Crippen LogP contribution in [0.25, 0.3) is 0 Å². The lowest BCUT2D eigenvalue weighted by Gasteiger charge is -1.77. The highest BCUT2D eigenvalue weighted by molar-refractivity contribution is 5.56. The molecule has 0 aliphatic rings. The Labute approximate surface area is 34.8 Å². The molecule has 0 aromatic heterocycles. The number of hydrogen-bond acceptors (Lipinski definition) is 2. The summed E-state index contributed by atoms with van der Waals surface area (Å²) in [6, 6.07) is 0. The van der Waals surface area contributed by atoms with Gasteiger partial charge in [-0.25, -0.2) is 0 Å². The first-order valence-electron chi connectivity index (χ1n) is 1.26. The molecular weight excluding hydrogens is 84.0 g/mol. The van der Waals surface area contributed by atoms with Crippen molar-refractivity contribution in [2.24, 2.45) is 0 Å². The van der Waals surface area contributed by atoms with Crippen molar-refractivity contribution in [2.45, 2.75) is 0 Å². The minimum Gasteiger partial charge on any atom is -0.401 e. The van der Waals surface area contributed by atoms with Crippen molar-refractivity contribution in [1.82, 2.24) is 0 Å². The van der Waals surface area contributed by atoms with E-state index in [4.69, 9.17) is 0 Å². The molecule has 3 heteroatoms. The second-order valence-corrected chi connectivity index (χ2v) is 0.535. The summed E-state index contributed by atoms with van der Waals surface area (Å²) in [6.45, 7) is 2.96. The van der Waals surface area contributed by atoms with Crippen LogP contribution in [-0.4, -0.2) is 6.16 Å². The highest BCUT2D eigenvalue weighted by atomic mass is 16.7. The van der Waals surface area contributed by atoms with Gasteiger partial charge in [0.15, 0.2) is 0 Å². The highest BCUT2D eigenvalue weighted by Crippen LogP contribution is 1.71. The number of carbonyl (C=O) groups excluding carboxylic acids is 1. The van der Waals surface area contributed by atoms with Crippen LogP contribution in [0.15, 0.2) is 12.8 Å². The van der Waals surface area contributed by atoms with E-state index in [0.717, 1.165) is 6.26 Å². The molecule has 0 atom stereocenters. The van der Waals surface area contributed by atoms with Gasteiger partial charge in [-0.05, 0) is 0 Å². The van der Waals surface area contributed by atoms with E-state index in [1.54, 1.807) is 0 Å². The molecule has 0 aliphatic carbocycles. The Kier molecular flexibility index (Phi) is 1.89. The van der Waals surface area contributed by atoms with E-state index >= 15 is 0 Å². The van der Waals surface area contributed by atoms with Crippen molar-refractivity contribution in [2.75, 3.05) is 0 Å². The molecule has 6 heavy (non-hydrogen) atoms. The third-order valence-corrected chi connectivity index (χ3v) is 0.180. The first kappa shape index (κ1) is 5.01. The van der Waals surface area contributed by atoms with Crippen LogP contribution in [0.4, 0.5) is 4.79 Å². The Morgan fingerprint density at radius 1 is 1.83 bits per heavy atom. The van der Waals surface area contributed by atoms with E-state index in [1.165, 1.54) is 0 Å². The number of hydrogen-bond donors (Lipinski definition) is 0. The average molecular weight is 87.1 g/mol. The third-order valence-electron chi connectivity index (χ3n) is 0.180. The molecule has 0 aromatic rings. The van der Waals surface area contributed by atoms with Gasteiger partial charge in [0.25, 0.3) is 0 Å². The van der Waals surface area contributed by atoms with Crippen molar-refractivity contribution in [1.29, 1.82) is 0 Å². The molecule has 33 valence electrons. The van der Waals surface area contributed by atoms with Gasteiger partial charge in [0, 0.05) is 0 Å². The zero-order chi connectivity index (χ0) is 4.99. The molecule has 0 aromatic carbocycles. The van der Waals surface area contributed by atoms with Crippen molar-refractivity contribution in [3.8, 4) is 0 Å². The third kappa shape index (κ3) is 3.01. The molecule has 0 heterocycles. The minimum absolute atomic E-state index is 0.787. The Balaban J connectivity index is 3.05. The first-order valence-corrected chi connectivity index (χ1v) is 1.26. The maximum Gasteiger partial charge on any atom is 0.555 e. The van der Waals surface area contributed by atoms with Gasteiger partial charge in [0.05, 0.1) is 6.26 Å². The molecule has 0 unspecified atom stereocenters. The molecule has 0 amide bonds. The first-order chi connectivity index (χ1) is 2.77. The zero-order valence-corrected chi connectivity index (χ0v) is 3.01. The molecule has 0 saturated carbocycles. The van der Waals surface area contributed by atoms with Gasteiger partial charge < -0.3 is 4.74 Å². The largest absolute Gasteiger partial charge is 0.555 e. The molecule has 0 bridgehead atoms. The van der Waals surface area contributed by atoms with Crippen LogP contribution in [0.2, 0.25) is 0 Å². The normalized spacial score (nSPS) is 6.67. The van der Waals surface area contributed by atoms with Crippen LogP contribution >= 0.6 is 0 Å². The summed E-state index contributed by atoms with van der Waals surface area (Å²) in [5.41, 5.74) is 0. The van der Waals surface area contributed by atoms with Crippen molar-refractivity contribution in [3.05, 3.63) is 12.8 Å². The fourth-order valence-corrected chi connectivity index (χ4v) is 0.0680. The lowest BCUT2D eigenvalue weighted by atomic mass is 11.1. The maximum absolute atomic E-state index is 9.19. The smallest absolute Gasteiger partial charge is 0.401 e. The lowest BCUT2D eigenvalue weighted by molar-refractivity contribution is 0.101. The predicted molar refractivity (Wildman–Crippen MR) is 17.4 cm³/mol. The summed E-state index contributed by atoms with van der Waals surface area (Å²) in [6.07, 6.45) is -0.792. The van der Waals surface area contributed by atoms with Crippen LogP contribution in [0, 0.1) is 0 Å². The average Bonchev–Trinajstić information content (AvgIpc) is 1.35. The molecule has 3 nitrogen and oxygen atoms in total. The SMILES string of the molecule is C=COC([O])=O. The number of rotatable bonds is 1. The summed E-state index contributed by atoms with van der Waals surface area (Å²) in [5, 5.41) is 9.19. The van der Waals surface area contributed by atoms with Crippen molar-refractivity contribution >= 4 is 6.16 Å². The van der Waals surface area contributed by atoms with Crippen LogP contribution in [0.3, 0.4) is 0 Å². The van der Waals surface area contributed by atoms with E-state index < -0.39 is 6.16 Å². The van der Waals surface area contributed by atoms with E-state index in [0.29, 0.717) is 0 Å². The van der Waals surface area contributed by atoms with E-state index in [1.807, 2.05) is 0 Å². The van der Waals surface area contributed by atoms with Gasteiger partial charge in [-0.2, -0.15) is 9.90 Å². The summed E-state index contributed by atoms with van der Waals surface area (Å²) in [5.74, 6) is 0. The minimum atomic E-state index is -1.58. The Hall–Kier alpha value is -0.990. The van der Waals surface area contributed by atoms with Gasteiger partial charge in [-0.15, -0.1) is 0 Å². The second-order valence-electron chi connectivity index (χ2n) is 0.535. The number of carbonyl (C=O) groups is 1.